The topological polar surface area (TPSA) is 104 Å². The Labute approximate surface area is 179 Å². The lowest BCUT2D eigenvalue weighted by Gasteiger charge is -2.35. The van der Waals surface area contributed by atoms with E-state index in [2.05, 4.69) is 25.3 Å². The van der Waals surface area contributed by atoms with Crippen LogP contribution in [-0.4, -0.2) is 66.9 Å². The minimum Gasteiger partial charge on any atom is -0.364 e. The summed E-state index contributed by atoms with van der Waals surface area (Å²) in [6.07, 6.45) is 3.23. The molecule has 0 aromatic carbocycles. The number of aliphatic imine (C=N–C) groups is 1. The van der Waals surface area contributed by atoms with Crippen LogP contribution in [0.15, 0.2) is 28.0 Å². The zero-order valence-electron chi connectivity index (χ0n) is 15.2. The van der Waals surface area contributed by atoms with Crippen LogP contribution in [0, 0.1) is 6.92 Å². The molecule has 0 bridgehead atoms. The molecule has 3 rings (SSSR count). The van der Waals surface area contributed by atoms with E-state index < -0.39 is 10.0 Å². The molecular formula is C15H23IN6O3S2. The molecule has 1 N–H and O–H groups in total. The summed E-state index contributed by atoms with van der Waals surface area (Å²) in [6, 6.07) is 1.57. The largest absolute Gasteiger partial charge is 0.364 e. The van der Waals surface area contributed by atoms with E-state index in [0.29, 0.717) is 38.4 Å². The number of hydrogen-bond donors (Lipinski definition) is 1. The third kappa shape index (κ3) is 5.86. The molecule has 1 saturated heterocycles. The summed E-state index contributed by atoms with van der Waals surface area (Å²) in [5.74, 6) is 0.630. The number of rotatable bonds is 5. The number of nitrogens with zero attached hydrogens (tertiary/aromatic N) is 5. The first-order valence-corrected chi connectivity index (χ1v) is 10.6. The molecule has 0 radical (unpaired) electrons. The van der Waals surface area contributed by atoms with Gasteiger partial charge in [0.05, 0.1) is 17.2 Å². The SMILES string of the molecule is CN=C(NCc1cnc(C)s1)N1CCN(S(=O)(=O)Cc2ccon2)CC1.I. The van der Waals surface area contributed by atoms with Gasteiger partial charge in [-0.25, -0.2) is 13.4 Å². The van der Waals surface area contributed by atoms with Crippen LogP contribution in [0.4, 0.5) is 0 Å². The van der Waals surface area contributed by atoms with Crippen LogP contribution in [0.1, 0.15) is 15.6 Å². The number of sulfonamides is 1. The molecule has 3 heterocycles. The van der Waals surface area contributed by atoms with E-state index in [1.54, 1.807) is 24.5 Å². The van der Waals surface area contributed by atoms with E-state index >= 15 is 0 Å². The highest BCUT2D eigenvalue weighted by atomic mass is 127. The third-order valence-corrected chi connectivity index (χ3v) is 6.78. The van der Waals surface area contributed by atoms with Gasteiger partial charge in [0.2, 0.25) is 10.0 Å². The van der Waals surface area contributed by atoms with E-state index in [-0.39, 0.29) is 29.7 Å². The van der Waals surface area contributed by atoms with E-state index in [4.69, 9.17) is 4.52 Å². The second kappa shape index (κ2) is 9.80. The summed E-state index contributed by atoms with van der Waals surface area (Å²) in [7, 11) is -1.67. The van der Waals surface area contributed by atoms with Gasteiger partial charge in [0.1, 0.15) is 12.0 Å². The van der Waals surface area contributed by atoms with E-state index in [1.807, 2.05) is 13.1 Å². The maximum atomic E-state index is 12.5. The molecule has 0 amide bonds. The fraction of sp³-hybridized carbons (Fsp3) is 0.533. The predicted molar refractivity (Wildman–Crippen MR) is 115 cm³/mol. The van der Waals surface area contributed by atoms with Crippen LogP contribution in [0.5, 0.6) is 0 Å². The van der Waals surface area contributed by atoms with Gasteiger partial charge in [-0.2, -0.15) is 4.31 Å². The zero-order chi connectivity index (χ0) is 18.6. The van der Waals surface area contributed by atoms with Crippen LogP contribution in [0.3, 0.4) is 0 Å². The fourth-order valence-corrected chi connectivity index (χ4v) is 4.91. The van der Waals surface area contributed by atoms with Crippen molar-refractivity contribution in [1.29, 1.82) is 0 Å². The highest BCUT2D eigenvalue weighted by Gasteiger charge is 2.28. The minimum atomic E-state index is -3.40. The summed E-state index contributed by atoms with van der Waals surface area (Å²) in [5.41, 5.74) is 0.421. The molecule has 27 heavy (non-hydrogen) atoms. The number of thiazole rings is 1. The number of guanidine groups is 1. The van der Waals surface area contributed by atoms with Crippen LogP contribution >= 0.6 is 35.3 Å². The molecule has 12 heteroatoms. The molecule has 2 aromatic heterocycles. The first-order valence-electron chi connectivity index (χ1n) is 8.22. The molecule has 1 aliphatic heterocycles. The molecule has 2 aromatic rings. The van der Waals surface area contributed by atoms with Crippen molar-refractivity contribution >= 4 is 51.3 Å². The third-order valence-electron chi connectivity index (χ3n) is 4.05. The molecule has 0 spiro atoms. The Kier molecular flexibility index (Phi) is 8.00. The smallest absolute Gasteiger partial charge is 0.220 e. The van der Waals surface area contributed by atoms with Crippen LogP contribution in [0.25, 0.3) is 0 Å². The van der Waals surface area contributed by atoms with Crippen LogP contribution in [0.2, 0.25) is 0 Å². The van der Waals surface area contributed by atoms with E-state index in [9.17, 15) is 8.42 Å². The summed E-state index contributed by atoms with van der Waals surface area (Å²) in [4.78, 5) is 11.7. The predicted octanol–water partition coefficient (Wildman–Crippen LogP) is 1.28. The van der Waals surface area contributed by atoms with E-state index in [0.717, 1.165) is 15.8 Å². The highest BCUT2D eigenvalue weighted by Crippen LogP contribution is 2.14. The lowest BCUT2D eigenvalue weighted by atomic mass is 10.4. The molecular weight excluding hydrogens is 503 g/mol. The number of piperazine rings is 1. The average Bonchev–Trinajstić information content (AvgIpc) is 3.27. The summed E-state index contributed by atoms with van der Waals surface area (Å²) >= 11 is 1.64. The average molecular weight is 526 g/mol. The summed E-state index contributed by atoms with van der Waals surface area (Å²) in [5, 5.41) is 8.03. The van der Waals surface area contributed by atoms with Gasteiger partial charge in [0.25, 0.3) is 0 Å². The highest BCUT2D eigenvalue weighted by molar-refractivity contribution is 14.0. The molecule has 0 atom stereocenters. The van der Waals surface area contributed by atoms with Crippen molar-refractivity contribution in [1.82, 2.24) is 24.7 Å². The lowest BCUT2D eigenvalue weighted by Crippen LogP contribution is -2.53. The van der Waals surface area contributed by atoms with Crippen molar-refractivity contribution in [2.45, 2.75) is 19.2 Å². The Morgan fingerprint density at radius 3 is 2.67 bits per heavy atom. The normalized spacial score (nSPS) is 16.2. The van der Waals surface area contributed by atoms with Gasteiger partial charge in [0.15, 0.2) is 5.96 Å². The number of hydrogen-bond acceptors (Lipinski definition) is 7. The molecule has 1 fully saturated rings. The Hall–Kier alpha value is -1.25. The van der Waals surface area contributed by atoms with Gasteiger partial charge in [0, 0.05) is 50.4 Å². The van der Waals surface area contributed by atoms with Gasteiger partial charge in [-0.3, -0.25) is 4.99 Å². The van der Waals surface area contributed by atoms with Crippen molar-refractivity contribution in [2.24, 2.45) is 4.99 Å². The molecule has 0 saturated carbocycles. The second-order valence-electron chi connectivity index (χ2n) is 5.88. The van der Waals surface area contributed by atoms with Crippen molar-refractivity contribution in [3.63, 3.8) is 0 Å². The molecule has 9 nitrogen and oxygen atoms in total. The minimum absolute atomic E-state index is 0. The van der Waals surface area contributed by atoms with Crippen molar-refractivity contribution in [2.75, 3.05) is 33.2 Å². The number of nitrogens with one attached hydrogen (secondary N) is 1. The Balaban J connectivity index is 0.00000261. The first kappa shape index (κ1) is 22.0. The van der Waals surface area contributed by atoms with Crippen molar-refractivity contribution in [3.8, 4) is 0 Å². The van der Waals surface area contributed by atoms with Crippen LogP contribution < -0.4 is 5.32 Å². The van der Waals surface area contributed by atoms with Crippen LogP contribution in [-0.2, 0) is 22.3 Å². The van der Waals surface area contributed by atoms with Crippen molar-refractivity contribution < 1.29 is 12.9 Å². The fourth-order valence-electron chi connectivity index (χ4n) is 2.75. The zero-order valence-corrected chi connectivity index (χ0v) is 19.1. The quantitative estimate of drug-likeness (QED) is 0.356. The molecule has 150 valence electrons. The Bertz CT molecular complexity index is 845. The van der Waals surface area contributed by atoms with Gasteiger partial charge in [-0.1, -0.05) is 5.16 Å². The van der Waals surface area contributed by atoms with Gasteiger partial charge >= 0.3 is 0 Å². The monoisotopic (exact) mass is 526 g/mol. The Morgan fingerprint density at radius 1 is 1.37 bits per heavy atom. The van der Waals surface area contributed by atoms with Crippen molar-refractivity contribution in [3.05, 3.63) is 34.1 Å². The first-order chi connectivity index (χ1) is 12.5. The van der Waals surface area contributed by atoms with Gasteiger partial charge < -0.3 is 14.7 Å². The Morgan fingerprint density at radius 2 is 2.11 bits per heavy atom. The molecule has 0 aliphatic carbocycles. The van der Waals surface area contributed by atoms with Gasteiger partial charge in [-0.15, -0.1) is 35.3 Å². The summed E-state index contributed by atoms with van der Waals surface area (Å²) in [6.45, 7) is 4.63. The number of halogens is 1. The standard InChI is InChI=1S/C15H22N6O3S2.HI/c1-12-17-9-14(25-12)10-18-15(16-2)20-4-6-21(7-5-20)26(22,23)11-13-3-8-24-19-13;/h3,8-9H,4-7,10-11H2,1-2H3,(H,16,18);1H. The lowest BCUT2D eigenvalue weighted by molar-refractivity contribution is 0.260. The molecule has 0 unspecified atom stereocenters. The molecule has 1 aliphatic rings. The number of aryl methyl sites for hydroxylation is 1. The van der Waals surface area contributed by atoms with Gasteiger partial charge in [-0.05, 0) is 6.92 Å². The number of aromatic nitrogens is 2. The van der Waals surface area contributed by atoms with E-state index in [1.165, 1.54) is 10.6 Å². The second-order valence-corrected chi connectivity index (χ2v) is 9.17. The maximum Gasteiger partial charge on any atom is 0.220 e. The summed E-state index contributed by atoms with van der Waals surface area (Å²) < 4.78 is 31.2. The maximum absolute atomic E-state index is 12.5.